The summed E-state index contributed by atoms with van der Waals surface area (Å²) in [5, 5.41) is 11.8. The number of nitrogens with zero attached hydrogens (tertiary/aromatic N) is 4. The number of aromatic nitrogens is 2. The van der Waals surface area contributed by atoms with Gasteiger partial charge in [0.1, 0.15) is 5.75 Å². The molecule has 0 atom stereocenters. The topological polar surface area (TPSA) is 79.8 Å². The van der Waals surface area contributed by atoms with E-state index in [0.29, 0.717) is 17.5 Å². The summed E-state index contributed by atoms with van der Waals surface area (Å²) in [5.41, 5.74) is 1.90. The zero-order valence-electron chi connectivity index (χ0n) is 15.2. The van der Waals surface area contributed by atoms with Crippen LogP contribution in [0.5, 0.6) is 5.75 Å². The lowest BCUT2D eigenvalue weighted by molar-refractivity contribution is 0.0525. The molecule has 1 fully saturated rings. The van der Waals surface area contributed by atoms with E-state index in [2.05, 4.69) is 38.4 Å². The van der Waals surface area contributed by atoms with Gasteiger partial charge in [0.05, 0.1) is 19.4 Å². The molecular formula is C17H23N5O3S. The maximum Gasteiger partial charge on any atom is 0.369 e. The van der Waals surface area contributed by atoms with Crippen molar-refractivity contribution in [3.8, 4) is 5.75 Å². The third-order valence-corrected chi connectivity index (χ3v) is 4.99. The van der Waals surface area contributed by atoms with Gasteiger partial charge in [-0.3, -0.25) is 0 Å². The maximum atomic E-state index is 11.7. The highest BCUT2D eigenvalue weighted by atomic mass is 32.1. The van der Waals surface area contributed by atoms with E-state index in [0.717, 1.165) is 48.9 Å². The van der Waals surface area contributed by atoms with Gasteiger partial charge in [-0.1, -0.05) is 11.3 Å². The van der Waals surface area contributed by atoms with Crippen molar-refractivity contribution in [2.24, 2.45) is 0 Å². The van der Waals surface area contributed by atoms with Crippen molar-refractivity contribution >= 4 is 33.8 Å². The monoisotopic (exact) mass is 377 g/mol. The van der Waals surface area contributed by atoms with Crippen LogP contribution in [0.25, 0.3) is 0 Å². The molecule has 1 aliphatic heterocycles. The number of esters is 1. The molecule has 0 radical (unpaired) electrons. The Morgan fingerprint density at radius 3 is 2.73 bits per heavy atom. The lowest BCUT2D eigenvalue weighted by atomic mass is 10.2. The number of carbonyl (C=O) groups is 1. The third kappa shape index (κ3) is 4.23. The summed E-state index contributed by atoms with van der Waals surface area (Å²) >= 11 is 1.15. The van der Waals surface area contributed by atoms with Gasteiger partial charge in [0.25, 0.3) is 0 Å². The minimum atomic E-state index is -0.463. The molecule has 0 amide bonds. The Labute approximate surface area is 156 Å². The van der Waals surface area contributed by atoms with Crippen LogP contribution in [0, 0.1) is 0 Å². The van der Waals surface area contributed by atoms with E-state index in [-0.39, 0.29) is 5.01 Å². The molecule has 3 rings (SSSR count). The fourth-order valence-electron chi connectivity index (χ4n) is 2.71. The molecule has 1 aromatic carbocycles. The number of hydrogen-bond donors (Lipinski definition) is 1. The van der Waals surface area contributed by atoms with Crippen LogP contribution >= 0.6 is 11.3 Å². The number of piperazine rings is 1. The van der Waals surface area contributed by atoms with E-state index >= 15 is 0 Å². The normalized spacial score (nSPS) is 15.0. The zero-order chi connectivity index (χ0) is 18.5. The van der Waals surface area contributed by atoms with Gasteiger partial charge in [-0.05, 0) is 26.1 Å². The summed E-state index contributed by atoms with van der Waals surface area (Å²) in [6.45, 7) is 6.14. The van der Waals surface area contributed by atoms with E-state index in [4.69, 9.17) is 9.47 Å². The number of methoxy groups -OCH3 is 1. The fourth-order valence-corrected chi connectivity index (χ4v) is 3.36. The van der Waals surface area contributed by atoms with E-state index in [9.17, 15) is 4.79 Å². The smallest absolute Gasteiger partial charge is 0.369 e. The molecule has 2 heterocycles. The highest BCUT2D eigenvalue weighted by molar-refractivity contribution is 7.17. The lowest BCUT2D eigenvalue weighted by Crippen LogP contribution is -2.44. The Morgan fingerprint density at radius 1 is 1.27 bits per heavy atom. The van der Waals surface area contributed by atoms with Crippen LogP contribution in [0.15, 0.2) is 18.2 Å². The first-order valence-electron chi connectivity index (χ1n) is 8.50. The average Bonchev–Trinajstić information content (AvgIpc) is 3.12. The molecule has 1 aliphatic rings. The van der Waals surface area contributed by atoms with Crippen molar-refractivity contribution in [2.75, 3.05) is 57.2 Å². The first kappa shape index (κ1) is 18.4. The van der Waals surface area contributed by atoms with Gasteiger partial charge >= 0.3 is 5.97 Å². The summed E-state index contributed by atoms with van der Waals surface area (Å²) in [4.78, 5) is 16.4. The summed E-state index contributed by atoms with van der Waals surface area (Å²) in [6, 6.07) is 6.03. The predicted octanol–water partition coefficient (Wildman–Crippen LogP) is 2.22. The highest BCUT2D eigenvalue weighted by Crippen LogP contribution is 2.33. The summed E-state index contributed by atoms with van der Waals surface area (Å²) in [5.74, 6) is 0.254. The Hall–Kier alpha value is -2.39. The molecule has 1 aromatic heterocycles. The highest BCUT2D eigenvalue weighted by Gasteiger charge is 2.17. The van der Waals surface area contributed by atoms with Gasteiger partial charge in [-0.15, -0.1) is 10.2 Å². The maximum absolute atomic E-state index is 11.7. The SMILES string of the molecule is CCOC(=O)c1nnc(Nc2ccc(N3CCN(C)CC3)cc2OC)s1. The van der Waals surface area contributed by atoms with Gasteiger partial charge < -0.3 is 24.6 Å². The second-order valence-electron chi connectivity index (χ2n) is 5.93. The molecule has 0 bridgehead atoms. The van der Waals surface area contributed by atoms with E-state index in [1.807, 2.05) is 12.1 Å². The van der Waals surface area contributed by atoms with Gasteiger partial charge in [-0.25, -0.2) is 4.79 Å². The van der Waals surface area contributed by atoms with Crippen LogP contribution in [-0.2, 0) is 4.74 Å². The molecule has 1 saturated heterocycles. The Balaban J connectivity index is 1.73. The summed E-state index contributed by atoms with van der Waals surface area (Å²) in [7, 11) is 3.77. The number of likely N-dealkylation sites (N-methyl/N-ethyl adjacent to an activating group) is 1. The van der Waals surface area contributed by atoms with Crippen LogP contribution in [0.3, 0.4) is 0 Å². The molecule has 0 aliphatic carbocycles. The van der Waals surface area contributed by atoms with E-state index in [1.54, 1.807) is 14.0 Å². The number of anilines is 3. The average molecular weight is 377 g/mol. The number of hydrogen-bond acceptors (Lipinski definition) is 9. The lowest BCUT2D eigenvalue weighted by Gasteiger charge is -2.34. The largest absolute Gasteiger partial charge is 0.494 e. The molecule has 9 heteroatoms. The van der Waals surface area contributed by atoms with Crippen LogP contribution < -0.4 is 15.0 Å². The number of carbonyl (C=O) groups excluding carboxylic acids is 1. The second-order valence-corrected chi connectivity index (χ2v) is 6.91. The molecule has 26 heavy (non-hydrogen) atoms. The van der Waals surface area contributed by atoms with Crippen LogP contribution in [0.2, 0.25) is 0 Å². The first-order valence-corrected chi connectivity index (χ1v) is 9.31. The van der Waals surface area contributed by atoms with Crippen molar-refractivity contribution in [2.45, 2.75) is 6.92 Å². The molecule has 8 nitrogen and oxygen atoms in total. The molecule has 2 aromatic rings. The standard InChI is InChI=1S/C17H23N5O3S/c1-4-25-16(23)15-19-20-17(26-15)18-13-6-5-12(11-14(13)24-3)22-9-7-21(2)8-10-22/h5-6,11H,4,7-10H2,1-3H3,(H,18,20). The van der Waals surface area contributed by atoms with Crippen LogP contribution in [-0.4, -0.2) is 68.0 Å². The number of benzene rings is 1. The van der Waals surface area contributed by atoms with Crippen molar-refractivity contribution in [3.63, 3.8) is 0 Å². The molecule has 1 N–H and O–H groups in total. The molecule has 0 unspecified atom stereocenters. The van der Waals surface area contributed by atoms with Crippen molar-refractivity contribution in [1.82, 2.24) is 15.1 Å². The molecule has 0 saturated carbocycles. The number of nitrogens with one attached hydrogen (secondary N) is 1. The summed E-state index contributed by atoms with van der Waals surface area (Å²) < 4.78 is 10.5. The first-order chi connectivity index (χ1) is 12.6. The van der Waals surface area contributed by atoms with Crippen LogP contribution in [0.1, 0.15) is 16.7 Å². The molecule has 140 valence electrons. The minimum absolute atomic E-state index is 0.224. The quantitative estimate of drug-likeness (QED) is 0.768. The van der Waals surface area contributed by atoms with E-state index < -0.39 is 5.97 Å². The van der Waals surface area contributed by atoms with Crippen molar-refractivity contribution in [1.29, 1.82) is 0 Å². The Morgan fingerprint density at radius 2 is 2.04 bits per heavy atom. The van der Waals surface area contributed by atoms with Gasteiger partial charge in [0.15, 0.2) is 0 Å². The van der Waals surface area contributed by atoms with Crippen molar-refractivity contribution < 1.29 is 14.3 Å². The Bertz CT molecular complexity index is 759. The van der Waals surface area contributed by atoms with Gasteiger partial charge in [0.2, 0.25) is 10.1 Å². The predicted molar refractivity (Wildman–Crippen MR) is 102 cm³/mol. The summed E-state index contributed by atoms with van der Waals surface area (Å²) in [6.07, 6.45) is 0. The Kier molecular flexibility index (Phi) is 5.89. The van der Waals surface area contributed by atoms with Gasteiger partial charge in [-0.2, -0.15) is 0 Å². The second kappa shape index (κ2) is 8.33. The van der Waals surface area contributed by atoms with Gasteiger partial charge in [0, 0.05) is 37.9 Å². The minimum Gasteiger partial charge on any atom is -0.494 e. The van der Waals surface area contributed by atoms with Crippen molar-refractivity contribution in [3.05, 3.63) is 23.2 Å². The molecule has 0 spiro atoms. The third-order valence-electron chi connectivity index (χ3n) is 4.17. The number of rotatable bonds is 6. The fraction of sp³-hybridized carbons (Fsp3) is 0.471. The number of ether oxygens (including phenoxy) is 2. The molecular weight excluding hydrogens is 354 g/mol. The zero-order valence-corrected chi connectivity index (χ0v) is 16.0. The van der Waals surface area contributed by atoms with Crippen LogP contribution in [0.4, 0.5) is 16.5 Å². The van der Waals surface area contributed by atoms with E-state index in [1.165, 1.54) is 0 Å².